The normalized spacial score (nSPS) is 14.8. The lowest BCUT2D eigenvalue weighted by atomic mass is 10.0. The van der Waals surface area contributed by atoms with Gasteiger partial charge in [0.15, 0.2) is 23.5 Å². The molecule has 0 radical (unpaired) electrons. The van der Waals surface area contributed by atoms with E-state index in [0.29, 0.717) is 24.1 Å². The molecule has 1 amide bonds. The number of hydrogen-bond donors (Lipinski definition) is 3. The topological polar surface area (TPSA) is 114 Å². The zero-order valence-corrected chi connectivity index (χ0v) is 19.6. The summed E-state index contributed by atoms with van der Waals surface area (Å²) < 4.78 is 63.0. The predicted octanol–water partition coefficient (Wildman–Crippen LogP) is 3.16. The molecule has 2 atom stereocenters. The molecule has 0 saturated heterocycles. The number of amides is 1. The van der Waals surface area contributed by atoms with Crippen LogP contribution < -0.4 is 10.1 Å². The first-order valence-corrected chi connectivity index (χ1v) is 11.3. The lowest BCUT2D eigenvalue weighted by molar-refractivity contribution is -0.148. The number of aromatic nitrogens is 2. The molecule has 4 rings (SSSR count). The van der Waals surface area contributed by atoms with Crippen molar-refractivity contribution < 1.29 is 42.1 Å². The summed E-state index contributed by atoms with van der Waals surface area (Å²) in [6.45, 7) is -0.709. The molecule has 0 bridgehead atoms. The van der Waals surface area contributed by atoms with Gasteiger partial charge in [-0.3, -0.25) is 9.48 Å². The number of halogens is 4. The van der Waals surface area contributed by atoms with Gasteiger partial charge >= 0.3 is 5.97 Å². The number of benzene rings is 2. The second-order valence-corrected chi connectivity index (χ2v) is 8.71. The van der Waals surface area contributed by atoms with Crippen LogP contribution in [0.2, 0.25) is 0 Å². The Bertz CT molecular complexity index is 1300. The molecule has 0 spiro atoms. The van der Waals surface area contributed by atoms with E-state index < -0.39 is 65.1 Å². The Morgan fingerprint density at radius 2 is 1.73 bits per heavy atom. The second-order valence-electron chi connectivity index (χ2n) is 8.71. The van der Waals surface area contributed by atoms with Crippen molar-refractivity contribution in [3.63, 3.8) is 0 Å². The fraction of sp³-hybridized carbons (Fsp3) is 0.320. The van der Waals surface area contributed by atoms with Crippen molar-refractivity contribution in [2.24, 2.45) is 0 Å². The third-order valence-electron chi connectivity index (χ3n) is 6.11. The molecule has 1 heterocycles. The zero-order chi connectivity index (χ0) is 26.9. The summed E-state index contributed by atoms with van der Waals surface area (Å²) in [6, 6.07) is 8.73. The van der Waals surface area contributed by atoms with Crippen LogP contribution in [0.15, 0.2) is 36.4 Å². The molecule has 3 N–H and O–H groups in total. The van der Waals surface area contributed by atoms with Gasteiger partial charge in [0.1, 0.15) is 5.69 Å². The number of carbonyl (C=O) groups excluding carboxylic acids is 1. The molecule has 1 fully saturated rings. The van der Waals surface area contributed by atoms with Crippen LogP contribution in [0.25, 0.3) is 0 Å². The number of carbonyl (C=O) groups is 2. The first-order valence-electron chi connectivity index (χ1n) is 11.3. The molecule has 196 valence electrons. The molecule has 1 aromatic heterocycles. The summed E-state index contributed by atoms with van der Waals surface area (Å²) >= 11 is 0. The molecule has 1 aliphatic rings. The number of carboxylic acids is 1. The van der Waals surface area contributed by atoms with Gasteiger partial charge in [-0.05, 0) is 30.9 Å². The number of methoxy groups -OCH3 is 1. The second kappa shape index (κ2) is 10.6. The van der Waals surface area contributed by atoms with Gasteiger partial charge in [0.2, 0.25) is 11.6 Å². The number of aliphatic hydroxyl groups excluding tert-OH is 1. The van der Waals surface area contributed by atoms with Gasteiger partial charge in [-0.2, -0.15) is 13.9 Å². The van der Waals surface area contributed by atoms with Gasteiger partial charge in [-0.25, -0.2) is 13.6 Å². The monoisotopic (exact) mass is 521 g/mol. The number of nitrogens with one attached hydrogen (secondary N) is 1. The van der Waals surface area contributed by atoms with E-state index in [9.17, 15) is 37.4 Å². The summed E-state index contributed by atoms with van der Waals surface area (Å²) in [7, 11) is 0.871. The van der Waals surface area contributed by atoms with E-state index in [1.807, 2.05) is 0 Å². The molecule has 0 unspecified atom stereocenters. The minimum absolute atomic E-state index is 0.00291. The maximum atomic E-state index is 14.6. The summed E-state index contributed by atoms with van der Waals surface area (Å²) in [5.41, 5.74) is -0.0744. The molecule has 37 heavy (non-hydrogen) atoms. The number of ether oxygens (including phenoxy) is 1. The van der Waals surface area contributed by atoms with Crippen LogP contribution in [0.3, 0.4) is 0 Å². The van der Waals surface area contributed by atoms with Crippen LogP contribution in [-0.4, -0.2) is 51.1 Å². The predicted molar refractivity (Wildman–Crippen MR) is 121 cm³/mol. The number of rotatable bonds is 10. The Hall–Kier alpha value is -3.93. The van der Waals surface area contributed by atoms with Crippen molar-refractivity contribution in [3.05, 3.63) is 82.2 Å². The minimum atomic E-state index is -1.93. The lowest BCUT2D eigenvalue weighted by Gasteiger charge is -2.21. The Balaban J connectivity index is 1.63. The van der Waals surface area contributed by atoms with Crippen molar-refractivity contribution in [1.82, 2.24) is 15.1 Å². The van der Waals surface area contributed by atoms with Crippen LogP contribution in [0.5, 0.6) is 5.75 Å². The fourth-order valence-corrected chi connectivity index (χ4v) is 4.03. The van der Waals surface area contributed by atoms with E-state index in [-0.39, 0.29) is 18.0 Å². The van der Waals surface area contributed by atoms with Crippen molar-refractivity contribution >= 4 is 11.9 Å². The molecule has 8 nitrogen and oxygen atoms in total. The quantitative estimate of drug-likeness (QED) is 0.279. The maximum absolute atomic E-state index is 14.6. The van der Waals surface area contributed by atoms with Gasteiger partial charge in [0.05, 0.1) is 25.3 Å². The lowest BCUT2D eigenvalue weighted by Crippen LogP contribution is -2.48. The number of aliphatic carboxylic acids is 1. The highest BCUT2D eigenvalue weighted by molar-refractivity contribution is 5.93. The molecule has 2 aromatic carbocycles. The third-order valence-corrected chi connectivity index (χ3v) is 6.11. The van der Waals surface area contributed by atoms with Crippen molar-refractivity contribution in [1.29, 1.82) is 0 Å². The number of nitrogens with zero attached hydrogens (tertiary/aromatic N) is 2. The van der Waals surface area contributed by atoms with Crippen molar-refractivity contribution in [2.75, 3.05) is 7.11 Å². The van der Waals surface area contributed by atoms with Crippen LogP contribution in [-0.2, 0) is 17.8 Å². The van der Waals surface area contributed by atoms with Crippen molar-refractivity contribution in [3.8, 4) is 5.75 Å². The van der Waals surface area contributed by atoms with Crippen molar-refractivity contribution in [2.45, 2.75) is 43.9 Å². The Morgan fingerprint density at radius 1 is 1.11 bits per heavy atom. The van der Waals surface area contributed by atoms with E-state index in [1.54, 1.807) is 30.3 Å². The maximum Gasteiger partial charge on any atom is 0.334 e. The molecule has 0 aliphatic heterocycles. The largest absolute Gasteiger partial charge is 0.491 e. The Kier molecular flexibility index (Phi) is 7.48. The number of aliphatic hydroxyl groups is 1. The van der Waals surface area contributed by atoms with Crippen LogP contribution >= 0.6 is 0 Å². The third kappa shape index (κ3) is 5.43. The fourth-order valence-electron chi connectivity index (χ4n) is 4.03. The summed E-state index contributed by atoms with van der Waals surface area (Å²) in [6.07, 6.45) is -0.520. The van der Waals surface area contributed by atoms with Gasteiger partial charge in [0, 0.05) is 11.6 Å². The van der Waals surface area contributed by atoms with E-state index in [0.717, 1.165) is 11.8 Å². The summed E-state index contributed by atoms with van der Waals surface area (Å²) in [4.78, 5) is 24.4. The van der Waals surface area contributed by atoms with E-state index >= 15 is 0 Å². The van der Waals surface area contributed by atoms with Gasteiger partial charge in [0.25, 0.3) is 5.91 Å². The SMILES string of the molecule is COc1c(F)c(F)c(Cn2nc(C(=O)N[C@H](Cc3ccccc3)[C@@H](O)C(=O)O)cc2C2CC2)c(F)c1F. The van der Waals surface area contributed by atoms with Crippen LogP contribution in [0.4, 0.5) is 17.6 Å². The molecule has 1 aliphatic carbocycles. The van der Waals surface area contributed by atoms with E-state index in [4.69, 9.17) is 0 Å². The first-order chi connectivity index (χ1) is 17.6. The molecule has 3 aromatic rings. The number of carboxylic acid groups (broad SMARTS) is 1. The number of hydrogen-bond acceptors (Lipinski definition) is 5. The van der Waals surface area contributed by atoms with Gasteiger partial charge in [-0.15, -0.1) is 0 Å². The first kappa shape index (κ1) is 26.1. The highest BCUT2D eigenvalue weighted by Gasteiger charge is 2.33. The van der Waals surface area contributed by atoms with Crippen LogP contribution in [0.1, 0.15) is 46.1 Å². The van der Waals surface area contributed by atoms with E-state index in [2.05, 4.69) is 15.2 Å². The standard InChI is InChI=1S/C25H23F4N3O5/c1-37-23-20(28)18(26)14(19(27)21(23)29)11-32-17(13-7-8-13)10-16(31-32)24(34)30-15(22(33)25(35)36)9-12-5-3-2-4-6-12/h2-6,10,13,15,22,33H,7-9,11H2,1H3,(H,30,34)(H,35,36)/t15-,22-/m1/s1. The highest BCUT2D eigenvalue weighted by atomic mass is 19.2. The van der Waals surface area contributed by atoms with Gasteiger partial charge < -0.3 is 20.3 Å². The molecular weight excluding hydrogens is 498 g/mol. The molecular formula is C25H23F4N3O5. The minimum Gasteiger partial charge on any atom is -0.491 e. The average molecular weight is 521 g/mol. The molecule has 12 heteroatoms. The zero-order valence-electron chi connectivity index (χ0n) is 19.6. The summed E-state index contributed by atoms with van der Waals surface area (Å²) in [5, 5.41) is 26.0. The van der Waals surface area contributed by atoms with Crippen LogP contribution in [0, 0.1) is 23.3 Å². The Labute approximate surface area is 208 Å². The Morgan fingerprint density at radius 3 is 2.27 bits per heavy atom. The molecule has 1 saturated carbocycles. The van der Waals surface area contributed by atoms with E-state index in [1.165, 1.54) is 6.07 Å². The smallest absolute Gasteiger partial charge is 0.334 e. The average Bonchev–Trinajstić information content (AvgIpc) is 3.64. The highest BCUT2D eigenvalue weighted by Crippen LogP contribution is 2.41. The van der Waals surface area contributed by atoms with Gasteiger partial charge in [-0.1, -0.05) is 30.3 Å². The summed E-state index contributed by atoms with van der Waals surface area (Å²) in [5.74, 6) is -10.3.